The van der Waals surface area contributed by atoms with Crippen LogP contribution in [0.25, 0.3) is 0 Å². The molecule has 2 N–H and O–H groups in total. The minimum Gasteiger partial charge on any atom is -0.481 e. The monoisotopic (exact) mass is 251 g/mol. The van der Waals surface area contributed by atoms with Crippen molar-refractivity contribution in [2.24, 2.45) is 13.0 Å². The van der Waals surface area contributed by atoms with Crippen LogP contribution in [-0.4, -0.2) is 32.8 Å². The third-order valence-electron chi connectivity index (χ3n) is 3.38. The van der Waals surface area contributed by atoms with Crippen LogP contribution in [0.3, 0.4) is 0 Å². The molecule has 98 valence electrons. The van der Waals surface area contributed by atoms with Gasteiger partial charge in [0, 0.05) is 19.3 Å². The van der Waals surface area contributed by atoms with Crippen LogP contribution in [0.2, 0.25) is 0 Å². The normalized spacial score (nSPS) is 23.0. The van der Waals surface area contributed by atoms with Gasteiger partial charge in [-0.3, -0.25) is 14.3 Å². The Morgan fingerprint density at radius 2 is 2.22 bits per heavy atom. The number of nitrogens with one attached hydrogen (secondary N) is 1. The highest BCUT2D eigenvalue weighted by atomic mass is 16.4. The number of rotatable bonds is 3. The summed E-state index contributed by atoms with van der Waals surface area (Å²) < 4.78 is 1.60. The van der Waals surface area contributed by atoms with Gasteiger partial charge in [-0.05, 0) is 26.2 Å². The molecule has 0 bridgehead atoms. The van der Waals surface area contributed by atoms with Crippen molar-refractivity contribution in [1.82, 2.24) is 15.1 Å². The zero-order valence-corrected chi connectivity index (χ0v) is 10.5. The van der Waals surface area contributed by atoms with Gasteiger partial charge in [0.2, 0.25) is 0 Å². The fourth-order valence-corrected chi connectivity index (χ4v) is 2.42. The van der Waals surface area contributed by atoms with Crippen LogP contribution in [0, 0.1) is 12.8 Å². The van der Waals surface area contributed by atoms with E-state index < -0.39 is 5.97 Å². The molecule has 1 amide bonds. The first-order chi connectivity index (χ1) is 8.47. The van der Waals surface area contributed by atoms with Gasteiger partial charge in [0.25, 0.3) is 5.91 Å². The van der Waals surface area contributed by atoms with Gasteiger partial charge >= 0.3 is 5.97 Å². The molecule has 2 atom stereocenters. The van der Waals surface area contributed by atoms with E-state index in [-0.39, 0.29) is 17.9 Å². The highest BCUT2D eigenvalue weighted by molar-refractivity contribution is 5.95. The Balaban J connectivity index is 1.97. The molecule has 0 aliphatic heterocycles. The number of aryl methyl sites for hydroxylation is 2. The first kappa shape index (κ1) is 12.6. The molecule has 2 rings (SSSR count). The maximum Gasteiger partial charge on any atom is 0.306 e. The lowest BCUT2D eigenvalue weighted by atomic mass is 10.1. The highest BCUT2D eigenvalue weighted by Crippen LogP contribution is 2.25. The number of carboxylic acids is 1. The summed E-state index contributed by atoms with van der Waals surface area (Å²) in [7, 11) is 1.76. The van der Waals surface area contributed by atoms with Gasteiger partial charge in [-0.2, -0.15) is 5.10 Å². The third-order valence-corrected chi connectivity index (χ3v) is 3.38. The van der Waals surface area contributed by atoms with E-state index in [0.717, 1.165) is 6.42 Å². The smallest absolute Gasteiger partial charge is 0.306 e. The SMILES string of the molecule is Cc1nn(C)cc1C(=O)NC1CCC(C(=O)O)C1. The van der Waals surface area contributed by atoms with E-state index in [1.807, 2.05) is 0 Å². The Hall–Kier alpha value is -1.85. The van der Waals surface area contributed by atoms with Crippen molar-refractivity contribution in [3.05, 3.63) is 17.5 Å². The zero-order chi connectivity index (χ0) is 13.3. The Labute approximate surface area is 105 Å². The molecule has 1 aliphatic rings. The summed E-state index contributed by atoms with van der Waals surface area (Å²) in [5.74, 6) is -1.27. The van der Waals surface area contributed by atoms with Crippen molar-refractivity contribution in [3.8, 4) is 0 Å². The zero-order valence-electron chi connectivity index (χ0n) is 10.5. The highest BCUT2D eigenvalue weighted by Gasteiger charge is 2.31. The average molecular weight is 251 g/mol. The minimum absolute atomic E-state index is 0.0433. The summed E-state index contributed by atoms with van der Waals surface area (Å²) in [4.78, 5) is 22.8. The van der Waals surface area contributed by atoms with E-state index in [1.165, 1.54) is 0 Å². The van der Waals surface area contributed by atoms with Gasteiger partial charge in [-0.1, -0.05) is 0 Å². The summed E-state index contributed by atoms with van der Waals surface area (Å²) in [6.45, 7) is 1.78. The van der Waals surface area contributed by atoms with Crippen LogP contribution in [0.15, 0.2) is 6.20 Å². The fraction of sp³-hybridized carbons (Fsp3) is 0.583. The predicted octanol–water partition coefficient (Wildman–Crippen LogP) is 0.712. The molecule has 1 aromatic rings. The largest absolute Gasteiger partial charge is 0.481 e. The Bertz CT molecular complexity index is 481. The van der Waals surface area contributed by atoms with Crippen molar-refractivity contribution >= 4 is 11.9 Å². The fourth-order valence-electron chi connectivity index (χ4n) is 2.42. The number of carbonyl (C=O) groups excluding carboxylic acids is 1. The quantitative estimate of drug-likeness (QED) is 0.828. The van der Waals surface area contributed by atoms with Crippen molar-refractivity contribution in [3.63, 3.8) is 0 Å². The van der Waals surface area contributed by atoms with Gasteiger partial charge in [0.1, 0.15) is 0 Å². The number of hydrogen-bond donors (Lipinski definition) is 2. The number of amides is 1. The second-order valence-corrected chi connectivity index (χ2v) is 4.82. The van der Waals surface area contributed by atoms with Crippen LogP contribution >= 0.6 is 0 Å². The number of hydrogen-bond acceptors (Lipinski definition) is 3. The molecule has 1 heterocycles. The molecule has 1 aromatic heterocycles. The van der Waals surface area contributed by atoms with E-state index in [0.29, 0.717) is 24.1 Å². The average Bonchev–Trinajstić information content (AvgIpc) is 2.85. The minimum atomic E-state index is -0.774. The molecule has 2 unspecified atom stereocenters. The Morgan fingerprint density at radius 1 is 1.50 bits per heavy atom. The first-order valence-corrected chi connectivity index (χ1v) is 6.01. The number of aliphatic carboxylic acids is 1. The molecular weight excluding hydrogens is 234 g/mol. The lowest BCUT2D eigenvalue weighted by molar-refractivity contribution is -0.141. The van der Waals surface area contributed by atoms with Crippen LogP contribution in [0.4, 0.5) is 0 Å². The topological polar surface area (TPSA) is 84.2 Å². The maximum absolute atomic E-state index is 12.0. The van der Waals surface area contributed by atoms with Crippen molar-refractivity contribution < 1.29 is 14.7 Å². The predicted molar refractivity (Wildman–Crippen MR) is 64.2 cm³/mol. The molecule has 1 aliphatic carbocycles. The van der Waals surface area contributed by atoms with Crippen LogP contribution in [0.1, 0.15) is 35.3 Å². The van der Waals surface area contributed by atoms with Crippen molar-refractivity contribution in [2.45, 2.75) is 32.2 Å². The molecule has 0 saturated heterocycles. The summed E-state index contributed by atoms with van der Waals surface area (Å²) in [5, 5.41) is 15.9. The van der Waals surface area contributed by atoms with E-state index in [9.17, 15) is 9.59 Å². The Kier molecular flexibility index (Phi) is 3.36. The molecule has 0 spiro atoms. The third kappa shape index (κ3) is 2.52. The summed E-state index contributed by atoms with van der Waals surface area (Å²) >= 11 is 0. The van der Waals surface area contributed by atoms with E-state index in [4.69, 9.17) is 5.11 Å². The molecule has 6 nitrogen and oxygen atoms in total. The van der Waals surface area contributed by atoms with Gasteiger partial charge in [-0.25, -0.2) is 0 Å². The maximum atomic E-state index is 12.0. The molecule has 0 radical (unpaired) electrons. The lowest BCUT2D eigenvalue weighted by Gasteiger charge is -2.11. The summed E-state index contributed by atoms with van der Waals surface area (Å²) in [6.07, 6.45) is 3.54. The van der Waals surface area contributed by atoms with E-state index >= 15 is 0 Å². The van der Waals surface area contributed by atoms with Crippen LogP contribution in [-0.2, 0) is 11.8 Å². The summed E-state index contributed by atoms with van der Waals surface area (Å²) in [5.41, 5.74) is 1.24. The van der Waals surface area contributed by atoms with Gasteiger partial charge < -0.3 is 10.4 Å². The molecule has 1 fully saturated rings. The van der Waals surface area contributed by atoms with Crippen molar-refractivity contribution in [2.75, 3.05) is 0 Å². The molecule has 6 heteroatoms. The number of carbonyl (C=O) groups is 2. The van der Waals surface area contributed by atoms with Gasteiger partial charge in [0.05, 0.1) is 17.2 Å². The van der Waals surface area contributed by atoms with Crippen LogP contribution < -0.4 is 5.32 Å². The molecule has 0 aromatic carbocycles. The van der Waals surface area contributed by atoms with Crippen molar-refractivity contribution in [1.29, 1.82) is 0 Å². The van der Waals surface area contributed by atoms with Gasteiger partial charge in [-0.15, -0.1) is 0 Å². The van der Waals surface area contributed by atoms with Gasteiger partial charge in [0.15, 0.2) is 0 Å². The first-order valence-electron chi connectivity index (χ1n) is 6.01. The number of carboxylic acid groups (broad SMARTS) is 1. The summed E-state index contributed by atoms with van der Waals surface area (Å²) in [6, 6.07) is -0.0433. The van der Waals surface area contributed by atoms with E-state index in [2.05, 4.69) is 10.4 Å². The lowest BCUT2D eigenvalue weighted by Crippen LogP contribution is -2.33. The Morgan fingerprint density at radius 3 is 2.72 bits per heavy atom. The van der Waals surface area contributed by atoms with Crippen LogP contribution in [0.5, 0.6) is 0 Å². The molecular formula is C12H17N3O3. The van der Waals surface area contributed by atoms with E-state index in [1.54, 1.807) is 24.9 Å². The second kappa shape index (κ2) is 4.80. The number of aromatic nitrogens is 2. The molecule has 18 heavy (non-hydrogen) atoms. The standard InChI is InChI=1S/C12H17N3O3/c1-7-10(6-15(2)14-7)11(16)13-9-4-3-8(5-9)12(17)18/h6,8-9H,3-5H2,1-2H3,(H,13,16)(H,17,18). The second-order valence-electron chi connectivity index (χ2n) is 4.82. The number of nitrogens with zero attached hydrogens (tertiary/aromatic N) is 2. The molecule has 1 saturated carbocycles.